The highest BCUT2D eigenvalue weighted by Crippen LogP contribution is 2.53. The van der Waals surface area contributed by atoms with Crippen LogP contribution in [0.25, 0.3) is 0 Å². The van der Waals surface area contributed by atoms with Gasteiger partial charge in [-0.15, -0.1) is 0 Å². The molecule has 0 atom stereocenters. The second-order valence-electron chi connectivity index (χ2n) is 3.44. The highest BCUT2D eigenvalue weighted by molar-refractivity contribution is 8.16. The standard InChI is InChI=1S/C5H12O8S2/c6-14(7)10-1-5(2-11-14)3-12-15(8,9)13-4-5/h6-9H,1-4H2. The minimum Gasteiger partial charge on any atom is -0.287 e. The summed E-state index contributed by atoms with van der Waals surface area (Å²) in [6.45, 7) is -0.147. The molecule has 2 rings (SSSR count). The molecule has 0 amide bonds. The minimum atomic E-state index is -3.42. The number of hydrogen-bond acceptors (Lipinski definition) is 8. The van der Waals surface area contributed by atoms with E-state index < -0.39 is 27.7 Å². The fraction of sp³-hybridized carbons (Fsp3) is 1.00. The molecule has 2 aliphatic heterocycles. The molecule has 2 saturated heterocycles. The smallest absolute Gasteiger partial charge is 0.219 e. The molecule has 2 fully saturated rings. The highest BCUT2D eigenvalue weighted by atomic mass is 32.3. The van der Waals surface area contributed by atoms with Crippen molar-refractivity contribution in [1.29, 1.82) is 0 Å². The maximum atomic E-state index is 9.01. The van der Waals surface area contributed by atoms with E-state index in [0.717, 1.165) is 0 Å². The molecular formula is C5H12O8S2. The van der Waals surface area contributed by atoms with Gasteiger partial charge in [0.25, 0.3) is 0 Å². The van der Waals surface area contributed by atoms with Crippen molar-refractivity contribution in [2.45, 2.75) is 0 Å². The normalized spacial score (nSPS) is 37.1. The van der Waals surface area contributed by atoms with E-state index >= 15 is 0 Å². The molecule has 0 saturated carbocycles. The Bertz CT molecular complexity index is 206. The molecule has 1 spiro atoms. The second-order valence-corrected chi connectivity index (χ2v) is 6.18. The van der Waals surface area contributed by atoms with Crippen molar-refractivity contribution in [3.05, 3.63) is 0 Å². The van der Waals surface area contributed by atoms with Gasteiger partial charge in [-0.25, -0.2) is 0 Å². The van der Waals surface area contributed by atoms with E-state index in [1.54, 1.807) is 0 Å². The first kappa shape index (κ1) is 11.9. The van der Waals surface area contributed by atoms with Gasteiger partial charge in [-0.2, -0.15) is 0 Å². The molecule has 92 valence electrons. The molecule has 10 heteroatoms. The van der Waals surface area contributed by atoms with Gasteiger partial charge in [0, 0.05) is 0 Å². The molecule has 2 heterocycles. The highest BCUT2D eigenvalue weighted by Gasteiger charge is 2.47. The van der Waals surface area contributed by atoms with Crippen molar-refractivity contribution >= 4 is 22.3 Å². The summed E-state index contributed by atoms with van der Waals surface area (Å²) in [4.78, 5) is 0. The van der Waals surface area contributed by atoms with E-state index in [-0.39, 0.29) is 26.4 Å². The summed E-state index contributed by atoms with van der Waals surface area (Å²) in [5.41, 5.74) is -0.718. The summed E-state index contributed by atoms with van der Waals surface area (Å²) in [7, 11) is 0. The molecule has 0 aromatic heterocycles. The maximum absolute atomic E-state index is 9.01. The molecule has 0 aromatic carbocycles. The lowest BCUT2D eigenvalue weighted by atomic mass is 9.93. The Morgan fingerprint density at radius 3 is 1.20 bits per heavy atom. The van der Waals surface area contributed by atoms with Crippen molar-refractivity contribution in [1.82, 2.24) is 0 Å². The monoisotopic (exact) mass is 264 g/mol. The first-order valence-corrected chi connectivity index (χ1v) is 6.76. The van der Waals surface area contributed by atoms with Gasteiger partial charge in [0.15, 0.2) is 0 Å². The lowest BCUT2D eigenvalue weighted by molar-refractivity contribution is -0.0811. The van der Waals surface area contributed by atoms with Gasteiger partial charge in [0.1, 0.15) is 0 Å². The fourth-order valence-corrected chi connectivity index (χ4v) is 2.88. The Morgan fingerprint density at radius 1 is 0.667 bits per heavy atom. The average Bonchev–Trinajstić information content (AvgIpc) is 2.15. The summed E-state index contributed by atoms with van der Waals surface area (Å²) in [5, 5.41) is 0. The quantitative estimate of drug-likeness (QED) is 0.516. The summed E-state index contributed by atoms with van der Waals surface area (Å²) < 4.78 is 54.8. The molecule has 0 aromatic rings. The molecule has 0 radical (unpaired) electrons. The van der Waals surface area contributed by atoms with Crippen LogP contribution in [0.1, 0.15) is 0 Å². The van der Waals surface area contributed by atoms with Crippen molar-refractivity contribution in [3.8, 4) is 0 Å². The molecule has 8 nitrogen and oxygen atoms in total. The third-order valence-corrected chi connectivity index (χ3v) is 3.77. The fourth-order valence-electron chi connectivity index (χ4n) is 1.13. The van der Waals surface area contributed by atoms with Crippen molar-refractivity contribution in [2.75, 3.05) is 26.4 Å². The summed E-state index contributed by atoms with van der Waals surface area (Å²) in [5.74, 6) is 0. The third-order valence-electron chi connectivity index (χ3n) is 2.07. The minimum absolute atomic E-state index is 0.0369. The van der Waals surface area contributed by atoms with E-state index in [0.29, 0.717) is 0 Å². The van der Waals surface area contributed by atoms with Crippen LogP contribution in [0.2, 0.25) is 0 Å². The zero-order valence-corrected chi connectivity index (χ0v) is 9.20. The molecule has 0 aliphatic carbocycles. The van der Waals surface area contributed by atoms with Crippen LogP contribution < -0.4 is 0 Å². The van der Waals surface area contributed by atoms with E-state index in [9.17, 15) is 0 Å². The summed E-state index contributed by atoms with van der Waals surface area (Å²) in [6, 6.07) is 0. The van der Waals surface area contributed by atoms with Crippen molar-refractivity contribution in [2.24, 2.45) is 5.41 Å². The van der Waals surface area contributed by atoms with Crippen LogP contribution in [-0.2, 0) is 16.7 Å². The summed E-state index contributed by atoms with van der Waals surface area (Å²) >= 11 is -6.83. The van der Waals surface area contributed by atoms with Crippen LogP contribution in [0.3, 0.4) is 0 Å². The van der Waals surface area contributed by atoms with Crippen LogP contribution in [0.4, 0.5) is 0 Å². The predicted octanol–water partition coefficient (Wildman–Crippen LogP) is 1.23. The Balaban J connectivity index is 1.95. The van der Waals surface area contributed by atoms with Gasteiger partial charge in [-0.3, -0.25) is 34.9 Å². The predicted molar refractivity (Wildman–Crippen MR) is 51.9 cm³/mol. The molecule has 15 heavy (non-hydrogen) atoms. The first-order valence-electron chi connectivity index (χ1n) is 3.97. The first-order chi connectivity index (χ1) is 6.83. The van der Waals surface area contributed by atoms with Crippen LogP contribution >= 0.6 is 22.3 Å². The molecule has 4 N–H and O–H groups in total. The maximum Gasteiger partial charge on any atom is 0.219 e. The number of rotatable bonds is 0. The third kappa shape index (κ3) is 2.74. The van der Waals surface area contributed by atoms with Gasteiger partial charge in [-0.05, 0) is 0 Å². The average molecular weight is 264 g/mol. The van der Waals surface area contributed by atoms with Gasteiger partial charge < -0.3 is 0 Å². The Hall–Kier alpha value is 0.380. The lowest BCUT2D eigenvalue weighted by Gasteiger charge is -2.46. The Morgan fingerprint density at radius 2 is 0.933 bits per heavy atom. The largest absolute Gasteiger partial charge is 0.287 e. The van der Waals surface area contributed by atoms with Crippen molar-refractivity contribution < 1.29 is 34.9 Å². The molecule has 0 unspecified atom stereocenters. The SMILES string of the molecule is OS1(O)OCC2(CO1)COS(O)(O)OC2. The zero-order chi connectivity index (χ0) is 11.2. The van der Waals surface area contributed by atoms with Gasteiger partial charge in [-0.1, -0.05) is 0 Å². The van der Waals surface area contributed by atoms with Crippen LogP contribution in [0, 0.1) is 5.41 Å². The van der Waals surface area contributed by atoms with Crippen molar-refractivity contribution in [3.63, 3.8) is 0 Å². The molecule has 2 aliphatic rings. The molecule has 0 bridgehead atoms. The van der Waals surface area contributed by atoms with Crippen LogP contribution in [0.15, 0.2) is 0 Å². The Kier molecular flexibility index (Phi) is 2.92. The van der Waals surface area contributed by atoms with E-state index in [1.165, 1.54) is 0 Å². The van der Waals surface area contributed by atoms with Gasteiger partial charge in [0.05, 0.1) is 31.8 Å². The topological polar surface area (TPSA) is 118 Å². The van der Waals surface area contributed by atoms with E-state index in [4.69, 9.17) is 18.2 Å². The summed E-state index contributed by atoms with van der Waals surface area (Å²) in [6.07, 6.45) is 0. The van der Waals surface area contributed by atoms with E-state index in [2.05, 4.69) is 16.7 Å². The second kappa shape index (κ2) is 3.70. The lowest BCUT2D eigenvalue weighted by Crippen LogP contribution is -2.48. The zero-order valence-electron chi connectivity index (χ0n) is 7.57. The van der Waals surface area contributed by atoms with Gasteiger partial charge in [0.2, 0.25) is 22.3 Å². The van der Waals surface area contributed by atoms with E-state index in [1.807, 2.05) is 0 Å². The molecular weight excluding hydrogens is 252 g/mol. The van der Waals surface area contributed by atoms with Gasteiger partial charge >= 0.3 is 0 Å². The number of hydrogen-bond donors (Lipinski definition) is 4. The van der Waals surface area contributed by atoms with Crippen LogP contribution in [0.5, 0.6) is 0 Å². The van der Waals surface area contributed by atoms with Crippen LogP contribution in [-0.4, -0.2) is 44.6 Å². The Labute approximate surface area is 89.6 Å².